The summed E-state index contributed by atoms with van der Waals surface area (Å²) in [7, 11) is 0. The first kappa shape index (κ1) is 20.5. The van der Waals surface area contributed by atoms with Gasteiger partial charge in [-0.3, -0.25) is 4.99 Å². The Morgan fingerprint density at radius 1 is 1.24 bits per heavy atom. The van der Waals surface area contributed by atoms with Gasteiger partial charge in [0.1, 0.15) is 0 Å². The van der Waals surface area contributed by atoms with Gasteiger partial charge in [-0.1, -0.05) is 33.6 Å². The third-order valence-electron chi connectivity index (χ3n) is 6.20. The second kappa shape index (κ2) is 9.77. The molecule has 0 spiro atoms. The van der Waals surface area contributed by atoms with Gasteiger partial charge in [-0.05, 0) is 45.2 Å². The molecule has 0 aromatic carbocycles. The van der Waals surface area contributed by atoms with Crippen LogP contribution in [0.4, 0.5) is 0 Å². The first-order valence-corrected chi connectivity index (χ1v) is 10.5. The molecule has 0 amide bonds. The standard InChI is InChI=1S/C20H40N4O/c1-5-21-19(22-16-20(4)12-9-8-10-18(20)25)24-13-11-17(15-24)14-23(6-2)7-3/h17-18,25H,5-16H2,1-4H3,(H,21,22). The molecule has 1 aliphatic heterocycles. The highest BCUT2D eigenvalue weighted by atomic mass is 16.3. The number of nitrogens with zero attached hydrogens (tertiary/aromatic N) is 3. The second-order valence-corrected chi connectivity index (χ2v) is 8.17. The molecular formula is C20H40N4O. The molecule has 2 fully saturated rings. The summed E-state index contributed by atoms with van der Waals surface area (Å²) in [5, 5.41) is 13.9. The van der Waals surface area contributed by atoms with Gasteiger partial charge in [0, 0.05) is 31.6 Å². The Bertz CT molecular complexity index is 424. The molecule has 25 heavy (non-hydrogen) atoms. The number of hydrogen-bond donors (Lipinski definition) is 2. The van der Waals surface area contributed by atoms with E-state index >= 15 is 0 Å². The normalized spacial score (nSPS) is 31.0. The zero-order valence-electron chi connectivity index (χ0n) is 16.9. The van der Waals surface area contributed by atoms with Crippen molar-refractivity contribution >= 4 is 5.96 Å². The van der Waals surface area contributed by atoms with E-state index in [4.69, 9.17) is 4.99 Å². The molecule has 0 radical (unpaired) electrons. The lowest BCUT2D eigenvalue weighted by Gasteiger charge is -2.37. The third kappa shape index (κ3) is 5.58. The topological polar surface area (TPSA) is 51.1 Å². The molecule has 146 valence electrons. The Morgan fingerprint density at radius 2 is 2.00 bits per heavy atom. The van der Waals surface area contributed by atoms with E-state index in [-0.39, 0.29) is 11.5 Å². The van der Waals surface area contributed by atoms with Crippen molar-refractivity contribution in [2.75, 3.05) is 45.8 Å². The van der Waals surface area contributed by atoms with Gasteiger partial charge in [0.25, 0.3) is 0 Å². The average Bonchev–Trinajstić information content (AvgIpc) is 3.07. The fourth-order valence-corrected chi connectivity index (χ4v) is 4.27. The van der Waals surface area contributed by atoms with E-state index in [0.29, 0.717) is 0 Å². The summed E-state index contributed by atoms with van der Waals surface area (Å²) in [5.41, 5.74) is -0.0563. The summed E-state index contributed by atoms with van der Waals surface area (Å²) in [6.07, 6.45) is 5.43. The summed E-state index contributed by atoms with van der Waals surface area (Å²) in [6, 6.07) is 0. The summed E-state index contributed by atoms with van der Waals surface area (Å²) in [5.74, 6) is 1.78. The van der Waals surface area contributed by atoms with Crippen LogP contribution in [0.3, 0.4) is 0 Å². The summed E-state index contributed by atoms with van der Waals surface area (Å²) < 4.78 is 0. The first-order valence-electron chi connectivity index (χ1n) is 10.5. The number of aliphatic hydroxyl groups excluding tert-OH is 1. The van der Waals surface area contributed by atoms with Crippen molar-refractivity contribution in [2.24, 2.45) is 16.3 Å². The zero-order chi connectivity index (χ0) is 18.3. The van der Waals surface area contributed by atoms with Crippen molar-refractivity contribution in [1.82, 2.24) is 15.1 Å². The van der Waals surface area contributed by atoms with Crippen LogP contribution in [-0.4, -0.2) is 72.8 Å². The molecule has 0 bridgehead atoms. The molecule has 2 aliphatic rings. The minimum absolute atomic E-state index is 0.0563. The fourth-order valence-electron chi connectivity index (χ4n) is 4.27. The molecule has 1 saturated carbocycles. The van der Waals surface area contributed by atoms with Crippen molar-refractivity contribution in [3.63, 3.8) is 0 Å². The Balaban J connectivity index is 1.95. The monoisotopic (exact) mass is 352 g/mol. The third-order valence-corrected chi connectivity index (χ3v) is 6.20. The van der Waals surface area contributed by atoms with E-state index in [1.54, 1.807) is 0 Å². The molecule has 2 N–H and O–H groups in total. The summed E-state index contributed by atoms with van der Waals surface area (Å²) in [6.45, 7) is 16.1. The average molecular weight is 353 g/mol. The number of rotatable bonds is 7. The van der Waals surface area contributed by atoms with E-state index in [2.05, 4.69) is 42.8 Å². The lowest BCUT2D eigenvalue weighted by atomic mass is 9.73. The maximum Gasteiger partial charge on any atom is 0.193 e. The molecule has 1 heterocycles. The van der Waals surface area contributed by atoms with Crippen LogP contribution in [-0.2, 0) is 0 Å². The van der Waals surface area contributed by atoms with Crippen LogP contribution in [0.5, 0.6) is 0 Å². The molecular weight excluding hydrogens is 312 g/mol. The molecule has 0 aromatic heterocycles. The van der Waals surface area contributed by atoms with Gasteiger partial charge in [-0.25, -0.2) is 0 Å². The van der Waals surface area contributed by atoms with Crippen molar-refractivity contribution in [2.45, 2.75) is 65.9 Å². The Hall–Kier alpha value is -0.810. The molecule has 5 nitrogen and oxygen atoms in total. The number of hydrogen-bond acceptors (Lipinski definition) is 3. The maximum atomic E-state index is 10.4. The van der Waals surface area contributed by atoms with Gasteiger partial charge < -0.3 is 20.2 Å². The van der Waals surface area contributed by atoms with E-state index in [1.807, 2.05) is 0 Å². The quantitative estimate of drug-likeness (QED) is 0.546. The van der Waals surface area contributed by atoms with Crippen LogP contribution in [0.1, 0.15) is 59.8 Å². The van der Waals surface area contributed by atoms with Crippen molar-refractivity contribution < 1.29 is 5.11 Å². The van der Waals surface area contributed by atoms with Crippen LogP contribution >= 0.6 is 0 Å². The predicted molar refractivity (Wildman–Crippen MR) is 106 cm³/mol. The SMILES string of the molecule is CCNC(=NCC1(C)CCCCC1O)N1CCC(CN(CC)CC)C1. The Kier molecular flexibility index (Phi) is 8.01. The number of nitrogens with one attached hydrogen (secondary N) is 1. The van der Waals surface area contributed by atoms with Gasteiger partial charge in [0.15, 0.2) is 5.96 Å². The highest BCUT2D eigenvalue weighted by molar-refractivity contribution is 5.80. The summed E-state index contributed by atoms with van der Waals surface area (Å²) >= 11 is 0. The van der Waals surface area contributed by atoms with Crippen LogP contribution < -0.4 is 5.32 Å². The first-order chi connectivity index (χ1) is 12.0. The van der Waals surface area contributed by atoms with Gasteiger partial charge in [-0.2, -0.15) is 0 Å². The zero-order valence-corrected chi connectivity index (χ0v) is 16.9. The number of likely N-dealkylation sites (tertiary alicyclic amines) is 1. The smallest absolute Gasteiger partial charge is 0.193 e. The van der Waals surface area contributed by atoms with E-state index in [1.165, 1.54) is 19.4 Å². The van der Waals surface area contributed by atoms with Gasteiger partial charge in [-0.15, -0.1) is 0 Å². The minimum atomic E-state index is -0.207. The maximum absolute atomic E-state index is 10.4. The number of aliphatic imine (C=N–C) groups is 1. The summed E-state index contributed by atoms with van der Waals surface area (Å²) in [4.78, 5) is 9.91. The largest absolute Gasteiger partial charge is 0.392 e. The molecule has 3 atom stereocenters. The number of aliphatic hydroxyl groups is 1. The Morgan fingerprint density at radius 3 is 2.64 bits per heavy atom. The van der Waals surface area contributed by atoms with Gasteiger partial charge in [0.2, 0.25) is 0 Å². The van der Waals surface area contributed by atoms with Crippen LogP contribution in [0.15, 0.2) is 4.99 Å². The van der Waals surface area contributed by atoms with Crippen molar-refractivity contribution in [1.29, 1.82) is 0 Å². The highest BCUT2D eigenvalue weighted by Gasteiger charge is 2.35. The highest BCUT2D eigenvalue weighted by Crippen LogP contribution is 2.36. The number of guanidine groups is 1. The fraction of sp³-hybridized carbons (Fsp3) is 0.950. The van der Waals surface area contributed by atoms with Crippen LogP contribution in [0.25, 0.3) is 0 Å². The molecule has 3 unspecified atom stereocenters. The van der Waals surface area contributed by atoms with E-state index in [9.17, 15) is 5.11 Å². The molecule has 0 aromatic rings. The molecule has 1 aliphatic carbocycles. The molecule has 1 saturated heterocycles. The second-order valence-electron chi connectivity index (χ2n) is 8.17. The van der Waals surface area contributed by atoms with E-state index in [0.717, 1.165) is 70.4 Å². The lowest BCUT2D eigenvalue weighted by Crippen LogP contribution is -2.43. The van der Waals surface area contributed by atoms with Gasteiger partial charge in [0.05, 0.1) is 12.6 Å². The van der Waals surface area contributed by atoms with Gasteiger partial charge >= 0.3 is 0 Å². The van der Waals surface area contributed by atoms with Crippen LogP contribution in [0.2, 0.25) is 0 Å². The predicted octanol–water partition coefficient (Wildman–Crippen LogP) is 2.56. The molecule has 2 rings (SSSR count). The van der Waals surface area contributed by atoms with Crippen LogP contribution in [0, 0.1) is 11.3 Å². The van der Waals surface area contributed by atoms with Crippen molar-refractivity contribution in [3.05, 3.63) is 0 Å². The minimum Gasteiger partial charge on any atom is -0.392 e. The lowest BCUT2D eigenvalue weighted by molar-refractivity contribution is 0.00705. The van der Waals surface area contributed by atoms with E-state index < -0.39 is 0 Å². The molecule has 5 heteroatoms. The van der Waals surface area contributed by atoms with Crippen molar-refractivity contribution in [3.8, 4) is 0 Å². The Labute approximate surface area is 154 Å².